The van der Waals surface area contributed by atoms with Crippen LogP contribution in [-0.4, -0.2) is 35.6 Å². The van der Waals surface area contributed by atoms with Crippen molar-refractivity contribution < 1.29 is 23.9 Å². The summed E-state index contributed by atoms with van der Waals surface area (Å²) in [5.41, 5.74) is 4.63. The molecule has 8 nitrogen and oxygen atoms in total. The van der Waals surface area contributed by atoms with Gasteiger partial charge in [0.05, 0.1) is 28.1 Å². The highest BCUT2D eigenvalue weighted by molar-refractivity contribution is 9.10. The van der Waals surface area contributed by atoms with Crippen molar-refractivity contribution in [1.82, 2.24) is 4.90 Å². The number of ether oxygens (including phenoxy) is 2. The number of carbonyl (C=O) groups excluding carboxylic acids is 3. The number of methoxy groups -OCH3 is 1. The molecule has 1 saturated heterocycles. The smallest absolute Gasteiger partial charge is 0.294 e. The molecule has 0 atom stereocenters. The number of nitriles is 1. The van der Waals surface area contributed by atoms with E-state index in [0.717, 1.165) is 33.4 Å². The van der Waals surface area contributed by atoms with Crippen LogP contribution in [0.1, 0.15) is 27.8 Å². The van der Waals surface area contributed by atoms with E-state index in [1.165, 1.54) is 7.11 Å². The summed E-state index contributed by atoms with van der Waals surface area (Å²) in [7, 11) is 1.50. The van der Waals surface area contributed by atoms with Crippen LogP contribution in [0.4, 0.5) is 10.5 Å². The van der Waals surface area contributed by atoms with Crippen molar-refractivity contribution >= 4 is 56.5 Å². The third-order valence-electron chi connectivity index (χ3n) is 5.85. The molecule has 0 radical (unpaired) electrons. The highest BCUT2D eigenvalue weighted by Crippen LogP contribution is 2.39. The van der Waals surface area contributed by atoms with Crippen LogP contribution in [0.25, 0.3) is 6.08 Å². The average molecular weight is 606 g/mol. The number of amides is 3. The topological polar surface area (TPSA) is 109 Å². The molecule has 1 heterocycles. The van der Waals surface area contributed by atoms with E-state index in [1.54, 1.807) is 36.4 Å². The van der Waals surface area contributed by atoms with E-state index < -0.39 is 17.1 Å². The van der Waals surface area contributed by atoms with Crippen molar-refractivity contribution in [3.05, 3.63) is 91.8 Å². The van der Waals surface area contributed by atoms with E-state index in [2.05, 4.69) is 27.3 Å². The summed E-state index contributed by atoms with van der Waals surface area (Å²) < 4.78 is 12.0. The zero-order valence-electron chi connectivity index (χ0n) is 21.4. The van der Waals surface area contributed by atoms with E-state index >= 15 is 0 Å². The normalized spacial score (nSPS) is 13.9. The fourth-order valence-electron chi connectivity index (χ4n) is 3.87. The maximum Gasteiger partial charge on any atom is 0.294 e. The lowest BCUT2D eigenvalue weighted by Crippen LogP contribution is -2.36. The summed E-state index contributed by atoms with van der Waals surface area (Å²) in [6.07, 6.45) is 1.57. The molecule has 4 rings (SSSR count). The molecule has 1 fully saturated rings. The van der Waals surface area contributed by atoms with Gasteiger partial charge in [0.2, 0.25) is 5.91 Å². The molecule has 0 unspecified atom stereocenters. The second-order valence-corrected chi connectivity index (χ2v) is 10.6. The summed E-state index contributed by atoms with van der Waals surface area (Å²) >= 11 is 4.27. The highest BCUT2D eigenvalue weighted by atomic mass is 79.9. The molecule has 0 bridgehead atoms. The third-order valence-corrected chi connectivity index (χ3v) is 7.34. The Labute approximate surface area is 238 Å². The summed E-state index contributed by atoms with van der Waals surface area (Å²) in [6.45, 7) is 3.70. The van der Waals surface area contributed by atoms with E-state index in [9.17, 15) is 14.4 Å². The number of benzene rings is 3. The lowest BCUT2D eigenvalue weighted by atomic mass is 10.1. The van der Waals surface area contributed by atoms with Gasteiger partial charge in [-0.3, -0.25) is 19.3 Å². The number of thioether (sulfide) groups is 1. The van der Waals surface area contributed by atoms with E-state index in [4.69, 9.17) is 14.7 Å². The number of hydrogen-bond acceptors (Lipinski definition) is 7. The number of nitrogens with one attached hydrogen (secondary N) is 1. The van der Waals surface area contributed by atoms with Crippen LogP contribution < -0.4 is 14.8 Å². The van der Waals surface area contributed by atoms with Crippen LogP contribution in [0, 0.1) is 25.2 Å². The van der Waals surface area contributed by atoms with E-state index in [-0.39, 0.29) is 18.1 Å². The lowest BCUT2D eigenvalue weighted by molar-refractivity contribution is -0.127. The number of nitrogens with zero attached hydrogens (tertiary/aromatic N) is 2. The molecule has 0 aromatic heterocycles. The number of halogens is 1. The van der Waals surface area contributed by atoms with Crippen LogP contribution in [0.5, 0.6) is 11.5 Å². The molecule has 0 spiro atoms. The maximum atomic E-state index is 13.0. The van der Waals surface area contributed by atoms with Gasteiger partial charge in [-0.25, -0.2) is 0 Å². The second kappa shape index (κ2) is 12.2. The van der Waals surface area contributed by atoms with Crippen LogP contribution in [0.3, 0.4) is 0 Å². The largest absolute Gasteiger partial charge is 0.493 e. The van der Waals surface area contributed by atoms with Crippen LogP contribution >= 0.6 is 27.7 Å². The Bertz CT molecular complexity index is 1530. The first-order chi connectivity index (χ1) is 18.7. The average Bonchev–Trinajstić information content (AvgIpc) is 3.16. The number of rotatable bonds is 8. The second-order valence-electron chi connectivity index (χ2n) is 8.77. The molecule has 1 N–H and O–H groups in total. The van der Waals surface area contributed by atoms with Gasteiger partial charge in [0.1, 0.15) is 13.2 Å². The van der Waals surface area contributed by atoms with Crippen LogP contribution in [0.2, 0.25) is 0 Å². The van der Waals surface area contributed by atoms with Crippen LogP contribution in [-0.2, 0) is 16.2 Å². The van der Waals surface area contributed by atoms with Crippen molar-refractivity contribution in [2.24, 2.45) is 0 Å². The first-order valence-electron chi connectivity index (χ1n) is 11.8. The van der Waals surface area contributed by atoms with Gasteiger partial charge >= 0.3 is 0 Å². The SMILES string of the molecule is COc1cc(/C=C2/SC(=O)N(CC(=O)Nc3ccc(C)cc3C)C2=O)cc(Br)c1OCc1ccc(C#N)cc1. The predicted molar refractivity (Wildman–Crippen MR) is 153 cm³/mol. The van der Waals surface area contributed by atoms with E-state index in [1.807, 2.05) is 38.1 Å². The quantitative estimate of drug-likeness (QED) is 0.304. The Morgan fingerprint density at radius 1 is 1.13 bits per heavy atom. The molecule has 1 aliphatic heterocycles. The van der Waals surface area contributed by atoms with Gasteiger partial charge in [-0.05, 0) is 94.6 Å². The van der Waals surface area contributed by atoms with Crippen molar-refractivity contribution in [3.63, 3.8) is 0 Å². The molecule has 3 aromatic rings. The first-order valence-corrected chi connectivity index (χ1v) is 13.4. The van der Waals surface area contributed by atoms with Crippen molar-refractivity contribution in [1.29, 1.82) is 5.26 Å². The molecular weight excluding hydrogens is 582 g/mol. The molecule has 39 heavy (non-hydrogen) atoms. The Morgan fingerprint density at radius 3 is 2.54 bits per heavy atom. The summed E-state index contributed by atoms with van der Waals surface area (Å²) in [5, 5.41) is 11.2. The molecule has 0 aliphatic carbocycles. The number of carbonyl (C=O) groups is 3. The minimum atomic E-state index is -0.544. The number of anilines is 1. The Hall–Kier alpha value is -4.07. The van der Waals surface area contributed by atoms with Gasteiger partial charge in [-0.2, -0.15) is 5.26 Å². The monoisotopic (exact) mass is 605 g/mol. The standard InChI is InChI=1S/C29H24BrN3O5S/c1-17-4-9-23(18(2)10-17)32-26(34)15-33-28(35)25(39-29(33)36)13-21-11-22(30)27(24(12-21)37-3)38-16-20-7-5-19(14-31)6-8-20/h4-13H,15-16H2,1-3H3,(H,32,34)/b25-13+. The molecule has 1 aliphatic rings. The first kappa shape index (κ1) is 28.0. The number of imide groups is 1. The van der Waals surface area contributed by atoms with Gasteiger partial charge < -0.3 is 14.8 Å². The molecular formula is C29H24BrN3O5S. The van der Waals surface area contributed by atoms with Gasteiger partial charge in [-0.15, -0.1) is 0 Å². The summed E-state index contributed by atoms with van der Waals surface area (Å²) in [5.74, 6) is -0.109. The van der Waals surface area contributed by atoms with Gasteiger partial charge in [0, 0.05) is 5.69 Å². The minimum absolute atomic E-state index is 0.194. The Kier molecular flexibility index (Phi) is 8.74. The minimum Gasteiger partial charge on any atom is -0.493 e. The van der Waals surface area contributed by atoms with Crippen LogP contribution in [0.15, 0.2) is 64.0 Å². The molecule has 0 saturated carbocycles. The zero-order valence-corrected chi connectivity index (χ0v) is 23.8. The number of hydrogen-bond donors (Lipinski definition) is 1. The highest BCUT2D eigenvalue weighted by Gasteiger charge is 2.36. The zero-order chi connectivity index (χ0) is 28.1. The Morgan fingerprint density at radius 2 is 1.87 bits per heavy atom. The number of aryl methyl sites for hydroxylation is 2. The summed E-state index contributed by atoms with van der Waals surface area (Å²) in [6, 6.07) is 18.2. The van der Waals surface area contributed by atoms with Crippen molar-refractivity contribution in [2.75, 3.05) is 19.0 Å². The van der Waals surface area contributed by atoms with Gasteiger partial charge in [0.15, 0.2) is 11.5 Å². The molecule has 10 heteroatoms. The Balaban J connectivity index is 1.46. The van der Waals surface area contributed by atoms with Gasteiger partial charge in [-0.1, -0.05) is 29.8 Å². The van der Waals surface area contributed by atoms with Gasteiger partial charge in [0.25, 0.3) is 11.1 Å². The molecule has 3 aromatic carbocycles. The fraction of sp³-hybridized carbons (Fsp3) is 0.172. The van der Waals surface area contributed by atoms with Crippen molar-refractivity contribution in [2.45, 2.75) is 20.5 Å². The lowest BCUT2D eigenvalue weighted by Gasteiger charge is -2.14. The maximum absolute atomic E-state index is 13.0. The molecule has 198 valence electrons. The molecule has 3 amide bonds. The fourth-order valence-corrected chi connectivity index (χ4v) is 5.28. The van der Waals surface area contributed by atoms with E-state index in [0.29, 0.717) is 32.8 Å². The third kappa shape index (κ3) is 6.69. The van der Waals surface area contributed by atoms with Crippen molar-refractivity contribution in [3.8, 4) is 17.6 Å². The predicted octanol–water partition coefficient (Wildman–Crippen LogP) is 6.20. The summed E-state index contributed by atoms with van der Waals surface area (Å²) in [4.78, 5) is 39.3.